The van der Waals surface area contributed by atoms with Crippen molar-refractivity contribution in [3.8, 4) is 5.75 Å². The molecule has 2 atom stereocenters. The molecule has 2 aliphatic heterocycles. The number of aliphatic hydroxyl groups is 1. The summed E-state index contributed by atoms with van der Waals surface area (Å²) in [7, 11) is 0. The molecule has 1 unspecified atom stereocenters. The molecule has 0 aromatic heterocycles. The number of hydrogen-bond donors (Lipinski definition) is 3. The second-order valence-electron chi connectivity index (χ2n) is 9.26. The Bertz CT molecular complexity index is 1040. The molecule has 2 aliphatic rings. The van der Waals surface area contributed by atoms with Crippen LogP contribution in [0.1, 0.15) is 58.2 Å². The van der Waals surface area contributed by atoms with Crippen molar-refractivity contribution >= 4 is 24.2 Å². The van der Waals surface area contributed by atoms with Crippen LogP contribution in [0, 0.1) is 5.92 Å². The summed E-state index contributed by atoms with van der Waals surface area (Å²) < 4.78 is 5.70. The molecular weight excluding hydrogens is 454 g/mol. The summed E-state index contributed by atoms with van der Waals surface area (Å²) >= 11 is 0. The van der Waals surface area contributed by atoms with Gasteiger partial charge >= 0.3 is 0 Å². The molecule has 2 heterocycles. The molecule has 4 rings (SSSR count). The van der Waals surface area contributed by atoms with Crippen molar-refractivity contribution in [1.29, 1.82) is 0 Å². The Kier molecular flexibility index (Phi) is 8.57. The highest BCUT2D eigenvalue weighted by molar-refractivity contribution is 6.03. The van der Waals surface area contributed by atoms with E-state index in [4.69, 9.17) is 4.74 Å². The Hall–Kier alpha value is -2.61. The molecule has 3 N–H and O–H groups in total. The number of ether oxygens (including phenoxy) is 1. The zero-order valence-electron chi connectivity index (χ0n) is 20.0. The fourth-order valence-electron chi connectivity index (χ4n) is 4.63. The van der Waals surface area contributed by atoms with Crippen molar-refractivity contribution in [2.75, 3.05) is 19.7 Å². The molecule has 0 bridgehead atoms. The number of hydrogen-bond acceptors (Lipinski definition) is 5. The summed E-state index contributed by atoms with van der Waals surface area (Å²) in [5.74, 6) is 0.420. The standard InChI is InChI=1S/C26H33N3O4.ClH/c1-4-33-24-11-20-19(15-29(26(20)32)14-16(2)3)9-21(24)25(31)28-13-23(30)22-10-17-7-5-6-8-18(17)12-27-22;/h5-9,11,16,22-23,27,30H,4,10,12-15H2,1-3H3,(H,28,31);1H/t22-,23?;/m0./s1. The van der Waals surface area contributed by atoms with Crippen LogP contribution in [0.5, 0.6) is 5.75 Å². The van der Waals surface area contributed by atoms with Crippen molar-refractivity contribution in [2.45, 2.75) is 52.4 Å². The molecule has 0 saturated carbocycles. The second kappa shape index (κ2) is 11.2. The molecule has 2 amide bonds. The van der Waals surface area contributed by atoms with Gasteiger partial charge in [-0.3, -0.25) is 9.59 Å². The molecule has 7 nitrogen and oxygen atoms in total. The molecule has 0 aliphatic carbocycles. The molecule has 8 heteroatoms. The predicted octanol–water partition coefficient (Wildman–Crippen LogP) is 2.92. The molecule has 34 heavy (non-hydrogen) atoms. The number of nitrogens with zero attached hydrogens (tertiary/aromatic N) is 1. The van der Waals surface area contributed by atoms with Gasteiger partial charge in [-0.1, -0.05) is 38.1 Å². The number of fused-ring (bicyclic) bond motifs is 2. The Morgan fingerprint density at radius 1 is 1.24 bits per heavy atom. The number of rotatable bonds is 8. The highest BCUT2D eigenvalue weighted by atomic mass is 35.5. The van der Waals surface area contributed by atoms with Gasteiger partial charge in [-0.25, -0.2) is 0 Å². The third-order valence-electron chi connectivity index (χ3n) is 6.26. The van der Waals surface area contributed by atoms with Crippen LogP contribution in [0.3, 0.4) is 0 Å². The third kappa shape index (κ3) is 5.54. The van der Waals surface area contributed by atoms with Crippen LogP contribution < -0.4 is 15.4 Å². The van der Waals surface area contributed by atoms with E-state index < -0.39 is 6.10 Å². The minimum absolute atomic E-state index is 0. The van der Waals surface area contributed by atoms with Gasteiger partial charge < -0.3 is 25.4 Å². The molecule has 2 aromatic carbocycles. The Morgan fingerprint density at radius 2 is 1.97 bits per heavy atom. The number of halogens is 1. The van der Waals surface area contributed by atoms with Crippen molar-refractivity contribution in [3.05, 3.63) is 64.2 Å². The van der Waals surface area contributed by atoms with E-state index in [1.165, 1.54) is 11.1 Å². The molecular formula is C26H34ClN3O4. The largest absolute Gasteiger partial charge is 0.493 e. The summed E-state index contributed by atoms with van der Waals surface area (Å²) in [5, 5.41) is 16.9. The van der Waals surface area contributed by atoms with Gasteiger partial charge in [0.2, 0.25) is 0 Å². The van der Waals surface area contributed by atoms with Crippen LogP contribution in [-0.4, -0.2) is 53.7 Å². The molecule has 0 radical (unpaired) electrons. The van der Waals surface area contributed by atoms with Gasteiger partial charge in [-0.2, -0.15) is 0 Å². The number of carbonyl (C=O) groups excluding carboxylic acids is 2. The van der Waals surface area contributed by atoms with Gasteiger partial charge in [-0.05, 0) is 48.1 Å². The number of nitrogens with one attached hydrogen (secondary N) is 2. The average Bonchev–Trinajstić information content (AvgIpc) is 3.10. The monoisotopic (exact) mass is 487 g/mol. The zero-order chi connectivity index (χ0) is 23.5. The van der Waals surface area contributed by atoms with Gasteiger partial charge in [0.15, 0.2) is 0 Å². The molecule has 184 valence electrons. The van der Waals surface area contributed by atoms with Gasteiger partial charge in [0.05, 0.1) is 18.3 Å². The van der Waals surface area contributed by atoms with Gasteiger partial charge in [-0.15, -0.1) is 12.4 Å². The lowest BCUT2D eigenvalue weighted by molar-refractivity contribution is 0.0759. The van der Waals surface area contributed by atoms with E-state index in [-0.39, 0.29) is 36.8 Å². The van der Waals surface area contributed by atoms with Crippen molar-refractivity contribution in [3.63, 3.8) is 0 Å². The van der Waals surface area contributed by atoms with Gasteiger partial charge in [0.25, 0.3) is 11.8 Å². The first-order valence-electron chi connectivity index (χ1n) is 11.7. The van der Waals surface area contributed by atoms with Crippen LogP contribution >= 0.6 is 12.4 Å². The SMILES string of the molecule is CCOc1cc2c(cc1C(=O)NCC(O)[C@@H]1Cc3ccccc3CN1)CN(CC(C)C)C2=O.Cl. The number of benzene rings is 2. The summed E-state index contributed by atoms with van der Waals surface area (Å²) in [4.78, 5) is 27.6. The van der Waals surface area contributed by atoms with E-state index in [0.717, 1.165) is 5.56 Å². The highest BCUT2D eigenvalue weighted by Crippen LogP contribution is 2.31. The van der Waals surface area contributed by atoms with Crippen molar-refractivity contribution in [2.24, 2.45) is 5.92 Å². The van der Waals surface area contributed by atoms with E-state index >= 15 is 0 Å². The lowest BCUT2D eigenvalue weighted by Crippen LogP contribution is -2.49. The third-order valence-corrected chi connectivity index (χ3v) is 6.26. The molecule has 0 spiro atoms. The lowest BCUT2D eigenvalue weighted by Gasteiger charge is -2.30. The second-order valence-corrected chi connectivity index (χ2v) is 9.26. The van der Waals surface area contributed by atoms with Crippen LogP contribution in [0.15, 0.2) is 36.4 Å². The zero-order valence-corrected chi connectivity index (χ0v) is 20.8. The average molecular weight is 488 g/mol. The van der Waals surface area contributed by atoms with Crippen LogP contribution in [0.2, 0.25) is 0 Å². The van der Waals surface area contributed by atoms with E-state index in [1.807, 2.05) is 24.0 Å². The van der Waals surface area contributed by atoms with Gasteiger partial charge in [0.1, 0.15) is 5.75 Å². The minimum atomic E-state index is -0.726. The summed E-state index contributed by atoms with van der Waals surface area (Å²) in [6.45, 7) is 8.37. The van der Waals surface area contributed by atoms with Crippen LogP contribution in [0.25, 0.3) is 0 Å². The first-order valence-corrected chi connectivity index (χ1v) is 11.7. The summed E-state index contributed by atoms with van der Waals surface area (Å²) in [6, 6.07) is 11.5. The van der Waals surface area contributed by atoms with E-state index in [0.29, 0.717) is 55.5 Å². The topological polar surface area (TPSA) is 90.9 Å². The Labute approximate surface area is 207 Å². The quantitative estimate of drug-likeness (QED) is 0.532. The highest BCUT2D eigenvalue weighted by Gasteiger charge is 2.31. The fourth-order valence-corrected chi connectivity index (χ4v) is 4.63. The first-order chi connectivity index (χ1) is 15.9. The summed E-state index contributed by atoms with van der Waals surface area (Å²) in [5.41, 5.74) is 4.29. The maximum Gasteiger partial charge on any atom is 0.255 e. The van der Waals surface area contributed by atoms with Crippen LogP contribution in [-0.2, 0) is 19.5 Å². The summed E-state index contributed by atoms with van der Waals surface area (Å²) in [6.07, 6.45) is -0.0141. The maximum absolute atomic E-state index is 13.0. The van der Waals surface area contributed by atoms with E-state index in [2.05, 4.69) is 36.6 Å². The van der Waals surface area contributed by atoms with Gasteiger partial charge in [0, 0.05) is 37.8 Å². The first kappa shape index (κ1) is 26.0. The number of carbonyl (C=O) groups is 2. The number of amides is 2. The molecule has 0 saturated heterocycles. The van der Waals surface area contributed by atoms with E-state index in [1.54, 1.807) is 12.1 Å². The fraction of sp³-hybridized carbons (Fsp3) is 0.462. The van der Waals surface area contributed by atoms with Crippen molar-refractivity contribution in [1.82, 2.24) is 15.5 Å². The predicted molar refractivity (Wildman–Crippen MR) is 134 cm³/mol. The number of aliphatic hydroxyl groups excluding tert-OH is 1. The Morgan fingerprint density at radius 3 is 2.68 bits per heavy atom. The maximum atomic E-state index is 13.0. The minimum Gasteiger partial charge on any atom is -0.493 e. The van der Waals surface area contributed by atoms with Crippen molar-refractivity contribution < 1.29 is 19.4 Å². The van der Waals surface area contributed by atoms with E-state index in [9.17, 15) is 14.7 Å². The normalized spacial score (nSPS) is 17.6. The smallest absolute Gasteiger partial charge is 0.255 e. The molecule has 2 aromatic rings. The Balaban J connectivity index is 0.00000324. The van der Waals surface area contributed by atoms with Crippen LogP contribution in [0.4, 0.5) is 0 Å². The molecule has 0 fully saturated rings. The lowest BCUT2D eigenvalue weighted by atomic mass is 9.93.